The molecule has 0 aliphatic carbocycles. The molecule has 1 aromatic heterocycles. The monoisotopic (exact) mass is 422 g/mol. The largest absolute Gasteiger partial charge is 0.491 e. The summed E-state index contributed by atoms with van der Waals surface area (Å²) in [4.78, 5) is 7.13. The molecule has 0 spiro atoms. The number of hydrogen-bond acceptors (Lipinski definition) is 6. The smallest absolute Gasteiger partial charge is 0.186 e. The van der Waals surface area contributed by atoms with Crippen molar-refractivity contribution in [2.24, 2.45) is 16.4 Å². The van der Waals surface area contributed by atoms with Gasteiger partial charge in [0.25, 0.3) is 0 Å². The molecule has 1 aliphatic rings. The number of rotatable bonds is 7. The van der Waals surface area contributed by atoms with Crippen LogP contribution < -0.4 is 9.64 Å². The minimum absolute atomic E-state index is 0.314. The van der Waals surface area contributed by atoms with Crippen LogP contribution in [0.25, 0.3) is 10.2 Å². The van der Waals surface area contributed by atoms with E-state index in [0.717, 1.165) is 41.3 Å². The van der Waals surface area contributed by atoms with Crippen LogP contribution >= 0.6 is 22.9 Å². The van der Waals surface area contributed by atoms with Crippen molar-refractivity contribution in [2.45, 2.75) is 59.8 Å². The number of aromatic nitrogens is 1. The first kappa shape index (κ1) is 21.3. The molecule has 3 rings (SSSR count). The first-order chi connectivity index (χ1) is 13.3. The van der Waals surface area contributed by atoms with Crippen LogP contribution in [0.2, 0.25) is 5.02 Å². The molecule has 0 radical (unpaired) electrons. The molecule has 5 nitrogen and oxygen atoms in total. The third-order valence-corrected chi connectivity index (χ3v) is 6.75. The van der Waals surface area contributed by atoms with Gasteiger partial charge in [-0.25, -0.2) is 10.5 Å². The summed E-state index contributed by atoms with van der Waals surface area (Å²) in [5, 5.41) is 5.14. The lowest BCUT2D eigenvalue weighted by atomic mass is 9.84. The molecule has 2 aromatic rings. The molecule has 7 heteroatoms. The molecule has 1 aliphatic heterocycles. The molecule has 1 unspecified atom stereocenters. The van der Waals surface area contributed by atoms with Crippen LogP contribution in [-0.4, -0.2) is 24.7 Å². The molecular weight excluding hydrogens is 392 g/mol. The van der Waals surface area contributed by atoms with Crippen molar-refractivity contribution in [3.8, 4) is 5.75 Å². The number of ether oxygens (including phenoxy) is 1. The minimum atomic E-state index is 0.314. The van der Waals surface area contributed by atoms with E-state index < -0.39 is 0 Å². The molecule has 1 aromatic carbocycles. The van der Waals surface area contributed by atoms with Gasteiger partial charge in [-0.2, -0.15) is 5.11 Å². The second-order valence-corrected chi connectivity index (χ2v) is 10.4. The number of nitrogens with zero attached hydrogens (tertiary/aromatic N) is 3. The number of benzene rings is 1. The molecule has 1 fully saturated rings. The molecular formula is C21H31ClN4OS. The van der Waals surface area contributed by atoms with E-state index in [2.05, 4.69) is 37.7 Å². The van der Waals surface area contributed by atoms with Crippen LogP contribution in [0.5, 0.6) is 5.75 Å². The molecule has 28 heavy (non-hydrogen) atoms. The highest BCUT2D eigenvalue weighted by Crippen LogP contribution is 2.45. The van der Waals surface area contributed by atoms with Gasteiger partial charge in [-0.15, -0.1) is 0 Å². The highest BCUT2D eigenvalue weighted by atomic mass is 35.5. The number of fused-ring (bicyclic) bond motifs is 1. The Balaban J connectivity index is 1.77. The zero-order chi connectivity index (χ0) is 20.3. The molecule has 0 amide bonds. The Hall–Kier alpha value is -1.40. The predicted octanol–water partition coefficient (Wildman–Crippen LogP) is 7.44. The van der Waals surface area contributed by atoms with E-state index in [0.29, 0.717) is 34.4 Å². The fraction of sp³-hybridized carbons (Fsp3) is 0.667. The van der Waals surface area contributed by atoms with Crippen molar-refractivity contribution in [2.75, 3.05) is 24.6 Å². The van der Waals surface area contributed by atoms with Crippen LogP contribution in [-0.2, 0) is 0 Å². The maximum absolute atomic E-state index is 7.58. The summed E-state index contributed by atoms with van der Waals surface area (Å²) in [5.74, 6) is 1.13. The number of piperidine rings is 1. The average molecular weight is 423 g/mol. The fourth-order valence-electron chi connectivity index (χ4n) is 3.94. The number of hydrogen-bond donors (Lipinski definition) is 1. The molecule has 154 valence electrons. The first-order valence-corrected chi connectivity index (χ1v) is 11.4. The summed E-state index contributed by atoms with van der Waals surface area (Å²) in [6.45, 7) is 11.7. The van der Waals surface area contributed by atoms with E-state index >= 15 is 0 Å². The fourth-order valence-corrected chi connectivity index (χ4v) is 5.32. The van der Waals surface area contributed by atoms with Gasteiger partial charge in [-0.1, -0.05) is 50.6 Å². The van der Waals surface area contributed by atoms with E-state index in [4.69, 9.17) is 26.9 Å². The Morgan fingerprint density at radius 1 is 1.32 bits per heavy atom. The van der Waals surface area contributed by atoms with Gasteiger partial charge in [0.1, 0.15) is 5.69 Å². The Bertz CT molecular complexity index is 824. The van der Waals surface area contributed by atoms with E-state index in [1.165, 1.54) is 19.3 Å². The van der Waals surface area contributed by atoms with Gasteiger partial charge in [0, 0.05) is 19.2 Å². The zero-order valence-corrected chi connectivity index (χ0v) is 18.9. The lowest BCUT2D eigenvalue weighted by molar-refractivity contribution is 0.241. The molecule has 1 atom stereocenters. The van der Waals surface area contributed by atoms with Crippen LogP contribution in [0, 0.1) is 16.9 Å². The van der Waals surface area contributed by atoms with Crippen molar-refractivity contribution in [3.63, 3.8) is 0 Å². The highest BCUT2D eigenvalue weighted by Gasteiger charge is 2.21. The van der Waals surface area contributed by atoms with E-state index in [-0.39, 0.29) is 0 Å². The second kappa shape index (κ2) is 8.95. The summed E-state index contributed by atoms with van der Waals surface area (Å²) >= 11 is 8.17. The summed E-state index contributed by atoms with van der Waals surface area (Å²) in [6.07, 6.45) is 5.81. The van der Waals surface area contributed by atoms with Crippen molar-refractivity contribution >= 4 is 44.0 Å². The minimum Gasteiger partial charge on any atom is -0.491 e. The summed E-state index contributed by atoms with van der Waals surface area (Å²) in [5.41, 5.74) is 9.13. The Kier molecular flexibility index (Phi) is 6.81. The van der Waals surface area contributed by atoms with Gasteiger partial charge in [0.2, 0.25) is 0 Å². The van der Waals surface area contributed by atoms with Crippen LogP contribution in [0.15, 0.2) is 11.2 Å². The zero-order valence-electron chi connectivity index (χ0n) is 17.3. The van der Waals surface area contributed by atoms with Crippen molar-refractivity contribution < 1.29 is 4.74 Å². The highest BCUT2D eigenvalue weighted by molar-refractivity contribution is 7.22. The number of thiazole rings is 1. The Morgan fingerprint density at radius 3 is 2.68 bits per heavy atom. The van der Waals surface area contributed by atoms with E-state index in [1.54, 1.807) is 11.3 Å². The van der Waals surface area contributed by atoms with Crippen molar-refractivity contribution in [1.82, 2.24) is 4.98 Å². The molecule has 0 bridgehead atoms. The summed E-state index contributed by atoms with van der Waals surface area (Å²) in [7, 11) is 0. The third-order valence-electron chi connectivity index (χ3n) is 5.12. The average Bonchev–Trinajstić information content (AvgIpc) is 3.06. The quantitative estimate of drug-likeness (QED) is 0.471. The van der Waals surface area contributed by atoms with Crippen LogP contribution in [0.4, 0.5) is 10.8 Å². The maximum atomic E-state index is 7.58. The van der Waals surface area contributed by atoms with Crippen LogP contribution in [0.3, 0.4) is 0 Å². The predicted molar refractivity (Wildman–Crippen MR) is 119 cm³/mol. The maximum Gasteiger partial charge on any atom is 0.186 e. The topological polar surface area (TPSA) is 61.6 Å². The van der Waals surface area contributed by atoms with Gasteiger partial charge in [0.05, 0.1) is 21.8 Å². The number of anilines is 1. The molecule has 2 heterocycles. The van der Waals surface area contributed by atoms with Gasteiger partial charge in [-0.3, -0.25) is 0 Å². The molecule has 1 N–H and O–H groups in total. The number of halogens is 1. The van der Waals surface area contributed by atoms with Gasteiger partial charge < -0.3 is 9.64 Å². The third kappa shape index (κ3) is 5.15. The number of nitrogens with one attached hydrogen (secondary N) is 1. The van der Waals surface area contributed by atoms with Crippen LogP contribution in [0.1, 0.15) is 59.8 Å². The van der Waals surface area contributed by atoms with Gasteiger partial charge in [0.15, 0.2) is 10.9 Å². The standard InChI is InChI=1S/C21H31ClN4OS/c1-14(13-21(2,3)4)8-11-27-16-12-15-19(17(22)18(16)25-23)28-20(24-15)26-9-6-5-7-10-26/h12,14,23H,5-11,13H2,1-4H3. The van der Waals surface area contributed by atoms with E-state index in [1.807, 2.05) is 6.07 Å². The van der Waals surface area contributed by atoms with Crippen molar-refractivity contribution in [1.29, 1.82) is 5.53 Å². The second-order valence-electron chi connectivity index (χ2n) is 9.05. The molecule has 0 saturated carbocycles. The Labute approximate surface area is 176 Å². The lowest BCUT2D eigenvalue weighted by Gasteiger charge is -2.25. The summed E-state index contributed by atoms with van der Waals surface area (Å²) in [6, 6.07) is 1.90. The Morgan fingerprint density at radius 2 is 2.04 bits per heavy atom. The van der Waals surface area contributed by atoms with E-state index in [9.17, 15) is 0 Å². The summed E-state index contributed by atoms with van der Waals surface area (Å²) < 4.78 is 6.90. The normalized spacial score (nSPS) is 16.4. The van der Waals surface area contributed by atoms with Gasteiger partial charge in [-0.05, 0) is 43.4 Å². The first-order valence-electron chi connectivity index (χ1n) is 10.2. The lowest BCUT2D eigenvalue weighted by Crippen LogP contribution is -2.29. The van der Waals surface area contributed by atoms with Gasteiger partial charge >= 0.3 is 0 Å². The van der Waals surface area contributed by atoms with Crippen molar-refractivity contribution in [3.05, 3.63) is 11.1 Å². The SMILES string of the molecule is CC(CCOc1cc2nc(N3CCCCC3)sc2c(Cl)c1N=N)CC(C)(C)C. The molecule has 1 saturated heterocycles.